The Morgan fingerprint density at radius 3 is 2.63 bits per heavy atom. The number of rotatable bonds is 5. The summed E-state index contributed by atoms with van der Waals surface area (Å²) in [7, 11) is 1.60. The van der Waals surface area contributed by atoms with Crippen molar-refractivity contribution in [2.24, 2.45) is 0 Å². The van der Waals surface area contributed by atoms with Crippen LogP contribution >= 0.6 is 15.9 Å². The molecule has 0 unspecified atom stereocenters. The molecule has 1 heterocycles. The third kappa shape index (κ3) is 4.43. The number of para-hydroxylation sites is 1. The number of aryl methyl sites for hydroxylation is 1. The number of benzene rings is 2. The van der Waals surface area contributed by atoms with Gasteiger partial charge in [0.2, 0.25) is 5.91 Å². The Hall–Kier alpha value is -2.93. The molecule has 2 amide bonds. The largest absolute Gasteiger partial charge is 0.331 e. The predicted octanol–water partition coefficient (Wildman–Crippen LogP) is 3.65. The zero-order chi connectivity index (χ0) is 19.4. The highest BCUT2D eigenvalue weighted by molar-refractivity contribution is 9.10. The molecule has 0 bridgehead atoms. The lowest BCUT2D eigenvalue weighted by molar-refractivity contribution is -0.116. The third-order valence-corrected chi connectivity index (χ3v) is 4.58. The van der Waals surface area contributed by atoms with Gasteiger partial charge in [-0.1, -0.05) is 34.1 Å². The molecule has 0 aliphatic rings. The molecule has 2 aromatic carbocycles. The topological polar surface area (TPSA) is 67.2 Å². The van der Waals surface area contributed by atoms with E-state index < -0.39 is 0 Å². The lowest BCUT2D eigenvalue weighted by Gasteiger charge is -2.18. The first-order valence-corrected chi connectivity index (χ1v) is 9.14. The first kappa shape index (κ1) is 18.8. The summed E-state index contributed by atoms with van der Waals surface area (Å²) in [6, 6.07) is 15.1. The van der Waals surface area contributed by atoms with Crippen LogP contribution in [0.1, 0.15) is 16.1 Å². The van der Waals surface area contributed by atoms with E-state index in [0.717, 1.165) is 21.4 Å². The van der Waals surface area contributed by atoms with Gasteiger partial charge in [-0.05, 0) is 42.8 Å². The van der Waals surface area contributed by atoms with Gasteiger partial charge >= 0.3 is 0 Å². The lowest BCUT2D eigenvalue weighted by atomic mass is 10.2. The summed E-state index contributed by atoms with van der Waals surface area (Å²) < 4.78 is 2.65. The van der Waals surface area contributed by atoms with Crippen molar-refractivity contribution in [3.63, 3.8) is 0 Å². The van der Waals surface area contributed by atoms with Crippen LogP contribution in [0.25, 0.3) is 5.69 Å². The lowest BCUT2D eigenvalue weighted by Crippen LogP contribution is -2.35. The number of anilines is 1. The van der Waals surface area contributed by atoms with E-state index in [2.05, 4.69) is 26.2 Å². The number of hydrogen-bond acceptors (Lipinski definition) is 3. The highest BCUT2D eigenvalue weighted by Crippen LogP contribution is 2.20. The molecule has 0 saturated heterocycles. The van der Waals surface area contributed by atoms with Crippen molar-refractivity contribution < 1.29 is 9.59 Å². The number of hydrogen-bond donors (Lipinski definition) is 1. The van der Waals surface area contributed by atoms with Gasteiger partial charge in [0.25, 0.3) is 5.91 Å². The van der Waals surface area contributed by atoms with E-state index in [9.17, 15) is 9.59 Å². The van der Waals surface area contributed by atoms with Gasteiger partial charge in [0.15, 0.2) is 0 Å². The van der Waals surface area contributed by atoms with E-state index in [0.29, 0.717) is 5.69 Å². The minimum Gasteiger partial charge on any atom is -0.331 e. The summed E-state index contributed by atoms with van der Waals surface area (Å²) in [4.78, 5) is 30.6. The Morgan fingerprint density at radius 2 is 1.93 bits per heavy atom. The van der Waals surface area contributed by atoms with Gasteiger partial charge in [-0.3, -0.25) is 14.2 Å². The second-order valence-electron chi connectivity index (χ2n) is 6.15. The number of likely N-dealkylation sites (N-methyl/N-ethyl adjacent to an activating group) is 1. The molecule has 0 spiro atoms. The number of imidazole rings is 1. The molecule has 0 aliphatic carbocycles. The summed E-state index contributed by atoms with van der Waals surface area (Å²) in [5.74, 6) is -0.541. The SMILES string of the molecule is Cc1cc(Br)ccc1NC(=O)CN(C)C(=O)c1cncn1-c1ccccc1. The van der Waals surface area contributed by atoms with Gasteiger partial charge in [0, 0.05) is 22.9 Å². The summed E-state index contributed by atoms with van der Waals surface area (Å²) in [6.07, 6.45) is 3.09. The van der Waals surface area contributed by atoms with Crippen molar-refractivity contribution in [3.05, 3.63) is 76.8 Å². The number of nitrogens with one attached hydrogen (secondary N) is 1. The van der Waals surface area contributed by atoms with E-state index in [1.54, 1.807) is 17.9 Å². The molecule has 138 valence electrons. The first-order chi connectivity index (χ1) is 13.0. The second kappa shape index (κ2) is 8.18. The Kier molecular flexibility index (Phi) is 5.71. The van der Waals surface area contributed by atoms with Gasteiger partial charge in [0.05, 0.1) is 19.1 Å². The highest BCUT2D eigenvalue weighted by atomic mass is 79.9. The fraction of sp³-hybridized carbons (Fsp3) is 0.150. The maximum absolute atomic E-state index is 12.8. The van der Waals surface area contributed by atoms with Crippen LogP contribution < -0.4 is 5.32 Å². The van der Waals surface area contributed by atoms with Crippen molar-refractivity contribution in [3.8, 4) is 5.69 Å². The van der Waals surface area contributed by atoms with Gasteiger partial charge in [-0.15, -0.1) is 0 Å². The summed E-state index contributed by atoms with van der Waals surface area (Å²) in [6.45, 7) is 1.85. The Balaban J connectivity index is 1.70. The highest BCUT2D eigenvalue weighted by Gasteiger charge is 2.19. The molecular weight excluding hydrogens is 408 g/mol. The van der Waals surface area contributed by atoms with E-state index in [4.69, 9.17) is 0 Å². The second-order valence-corrected chi connectivity index (χ2v) is 7.07. The fourth-order valence-corrected chi connectivity index (χ4v) is 3.16. The van der Waals surface area contributed by atoms with E-state index in [-0.39, 0.29) is 18.4 Å². The van der Waals surface area contributed by atoms with E-state index in [1.165, 1.54) is 11.1 Å². The van der Waals surface area contributed by atoms with Gasteiger partial charge in [-0.2, -0.15) is 0 Å². The van der Waals surface area contributed by atoms with Crippen LogP contribution in [-0.4, -0.2) is 39.9 Å². The minimum atomic E-state index is -0.279. The average Bonchev–Trinajstić information content (AvgIpc) is 3.14. The number of amides is 2. The van der Waals surface area contributed by atoms with E-state index in [1.807, 2.05) is 55.5 Å². The minimum absolute atomic E-state index is 0.0612. The molecule has 6 nitrogen and oxygen atoms in total. The van der Waals surface area contributed by atoms with Gasteiger partial charge in [-0.25, -0.2) is 4.98 Å². The average molecular weight is 427 g/mol. The quantitative estimate of drug-likeness (QED) is 0.676. The molecule has 7 heteroatoms. The van der Waals surface area contributed by atoms with Crippen LogP contribution in [0.2, 0.25) is 0 Å². The number of carbonyl (C=O) groups excluding carboxylic acids is 2. The van der Waals surface area contributed by atoms with E-state index >= 15 is 0 Å². The van der Waals surface area contributed by atoms with Crippen molar-refractivity contribution in [2.45, 2.75) is 6.92 Å². The number of carbonyl (C=O) groups is 2. The molecule has 0 aliphatic heterocycles. The molecule has 3 aromatic rings. The molecule has 0 radical (unpaired) electrons. The number of nitrogens with zero attached hydrogens (tertiary/aromatic N) is 3. The smallest absolute Gasteiger partial charge is 0.272 e. The first-order valence-electron chi connectivity index (χ1n) is 8.35. The molecule has 27 heavy (non-hydrogen) atoms. The summed E-state index contributed by atoms with van der Waals surface area (Å²) in [5.41, 5.74) is 2.89. The molecule has 0 saturated carbocycles. The predicted molar refractivity (Wildman–Crippen MR) is 108 cm³/mol. The van der Waals surface area contributed by atoms with Gasteiger partial charge in [0.1, 0.15) is 5.69 Å². The molecule has 1 N–H and O–H groups in total. The van der Waals surface area contributed by atoms with Gasteiger partial charge < -0.3 is 10.2 Å². The standard InChI is InChI=1S/C20H19BrN4O2/c1-14-10-15(21)8-9-17(14)23-19(26)12-24(2)20(27)18-11-22-13-25(18)16-6-4-3-5-7-16/h3-11,13H,12H2,1-2H3,(H,23,26). The summed E-state index contributed by atoms with van der Waals surface area (Å²) in [5, 5.41) is 2.84. The van der Waals surface area contributed by atoms with Crippen LogP contribution in [0.15, 0.2) is 65.5 Å². The monoisotopic (exact) mass is 426 g/mol. The maximum atomic E-state index is 12.8. The molecule has 0 atom stereocenters. The molecular formula is C20H19BrN4O2. The normalized spacial score (nSPS) is 10.5. The van der Waals surface area contributed by atoms with Crippen LogP contribution in [0.5, 0.6) is 0 Å². The molecule has 1 aromatic heterocycles. The number of aromatic nitrogens is 2. The zero-order valence-corrected chi connectivity index (χ0v) is 16.6. The van der Waals surface area contributed by atoms with Crippen molar-refractivity contribution >= 4 is 33.4 Å². The Bertz CT molecular complexity index is 969. The third-order valence-electron chi connectivity index (χ3n) is 4.08. The Morgan fingerprint density at radius 1 is 1.19 bits per heavy atom. The maximum Gasteiger partial charge on any atom is 0.272 e. The van der Waals surface area contributed by atoms with Crippen molar-refractivity contribution in [1.82, 2.24) is 14.5 Å². The van der Waals surface area contributed by atoms with Crippen LogP contribution in [0.3, 0.4) is 0 Å². The van der Waals surface area contributed by atoms with Crippen LogP contribution in [0, 0.1) is 6.92 Å². The van der Waals surface area contributed by atoms with Crippen molar-refractivity contribution in [2.75, 3.05) is 18.9 Å². The van der Waals surface area contributed by atoms with Crippen LogP contribution in [0.4, 0.5) is 5.69 Å². The Labute approximate surface area is 166 Å². The zero-order valence-electron chi connectivity index (χ0n) is 15.0. The molecule has 0 fully saturated rings. The van der Waals surface area contributed by atoms with Crippen LogP contribution in [-0.2, 0) is 4.79 Å². The summed E-state index contributed by atoms with van der Waals surface area (Å²) >= 11 is 3.40. The van der Waals surface area contributed by atoms with Crippen molar-refractivity contribution in [1.29, 1.82) is 0 Å². The fourth-order valence-electron chi connectivity index (χ4n) is 2.69. The molecule has 3 rings (SSSR count). The number of halogens is 1.